The van der Waals surface area contributed by atoms with Crippen molar-refractivity contribution >= 4 is 29.8 Å². The predicted molar refractivity (Wildman–Crippen MR) is 77.7 cm³/mol. The topological polar surface area (TPSA) is 80.3 Å². The highest BCUT2D eigenvalue weighted by molar-refractivity contribution is 8.13. The van der Waals surface area contributed by atoms with Gasteiger partial charge in [0.1, 0.15) is 0 Å². The summed E-state index contributed by atoms with van der Waals surface area (Å²) < 4.78 is 47.9. The molecule has 0 aliphatic heterocycles. The van der Waals surface area contributed by atoms with Crippen LogP contribution in [0.5, 0.6) is 0 Å². The van der Waals surface area contributed by atoms with Gasteiger partial charge in [-0.05, 0) is 43.4 Å². The number of rotatable bonds is 7. The van der Waals surface area contributed by atoms with Crippen molar-refractivity contribution in [2.45, 2.75) is 35.8 Å². The van der Waals surface area contributed by atoms with Crippen LogP contribution in [0.4, 0.5) is 0 Å². The maximum absolute atomic E-state index is 11.6. The normalized spacial score (nSPS) is 16.2. The summed E-state index contributed by atoms with van der Waals surface area (Å²) in [4.78, 5) is 0.0670. The van der Waals surface area contributed by atoms with Crippen LogP contribution in [0.25, 0.3) is 0 Å². The van der Waals surface area contributed by atoms with Crippen molar-refractivity contribution in [2.75, 3.05) is 6.54 Å². The quantitative estimate of drug-likeness (QED) is 0.605. The lowest BCUT2D eigenvalue weighted by atomic mass is 10.1. The lowest BCUT2D eigenvalue weighted by molar-refractivity contribution is 0.577. The molecule has 0 spiro atoms. The average molecular weight is 338 g/mol. The van der Waals surface area contributed by atoms with Gasteiger partial charge in [-0.3, -0.25) is 0 Å². The van der Waals surface area contributed by atoms with E-state index in [0.29, 0.717) is 19.4 Å². The van der Waals surface area contributed by atoms with Crippen LogP contribution in [0.15, 0.2) is 29.2 Å². The van der Waals surface area contributed by atoms with Crippen LogP contribution >= 0.6 is 10.7 Å². The highest BCUT2D eigenvalue weighted by atomic mass is 35.7. The Kier molecular flexibility index (Phi) is 4.73. The lowest BCUT2D eigenvalue weighted by Gasteiger charge is -2.05. The minimum Gasteiger partial charge on any atom is -0.215 e. The number of sulfonamides is 1. The largest absolute Gasteiger partial charge is 0.261 e. The monoisotopic (exact) mass is 337 g/mol. The first-order valence-corrected chi connectivity index (χ1v) is 10.2. The molecule has 112 valence electrons. The van der Waals surface area contributed by atoms with Crippen LogP contribution in [0, 0.1) is 0 Å². The summed E-state index contributed by atoms with van der Waals surface area (Å²) in [6.07, 6.45) is 2.85. The second kappa shape index (κ2) is 6.01. The average Bonchev–Trinajstić information content (AvgIpc) is 3.19. The van der Waals surface area contributed by atoms with E-state index in [9.17, 15) is 16.8 Å². The zero-order chi connectivity index (χ0) is 14.8. The molecule has 1 saturated carbocycles. The van der Waals surface area contributed by atoms with Crippen LogP contribution in [0.1, 0.15) is 24.8 Å². The molecule has 1 aromatic rings. The smallest absolute Gasteiger partial charge is 0.215 e. The van der Waals surface area contributed by atoms with Crippen molar-refractivity contribution in [1.29, 1.82) is 0 Å². The summed E-state index contributed by atoms with van der Waals surface area (Å²) in [6.45, 7) is 0.397. The fourth-order valence-corrected chi connectivity index (χ4v) is 4.01. The van der Waals surface area contributed by atoms with E-state index in [1.54, 1.807) is 12.1 Å². The molecule has 0 heterocycles. The summed E-state index contributed by atoms with van der Waals surface area (Å²) in [7, 11) is -1.58. The molecule has 5 nitrogen and oxygen atoms in total. The van der Waals surface area contributed by atoms with E-state index in [4.69, 9.17) is 10.7 Å². The van der Waals surface area contributed by atoms with E-state index in [0.717, 1.165) is 18.4 Å². The van der Waals surface area contributed by atoms with Gasteiger partial charge in [-0.1, -0.05) is 12.1 Å². The number of benzene rings is 1. The van der Waals surface area contributed by atoms with Gasteiger partial charge in [0.05, 0.1) is 10.1 Å². The van der Waals surface area contributed by atoms with Crippen LogP contribution in [0.3, 0.4) is 0 Å². The molecule has 0 saturated heterocycles. The summed E-state index contributed by atoms with van der Waals surface area (Å²) in [5.74, 6) is 0. The number of halogens is 1. The van der Waals surface area contributed by atoms with Crippen LogP contribution in [0.2, 0.25) is 0 Å². The zero-order valence-electron chi connectivity index (χ0n) is 10.7. The Morgan fingerprint density at radius 2 is 1.70 bits per heavy atom. The number of hydrogen-bond acceptors (Lipinski definition) is 4. The Labute approximate surface area is 123 Å². The minimum absolute atomic E-state index is 0.0670. The van der Waals surface area contributed by atoms with Crippen molar-refractivity contribution in [3.05, 3.63) is 29.8 Å². The molecule has 20 heavy (non-hydrogen) atoms. The van der Waals surface area contributed by atoms with E-state index >= 15 is 0 Å². The van der Waals surface area contributed by atoms with Gasteiger partial charge in [-0.15, -0.1) is 0 Å². The van der Waals surface area contributed by atoms with Gasteiger partial charge in [0.15, 0.2) is 0 Å². The van der Waals surface area contributed by atoms with Crippen LogP contribution in [-0.2, 0) is 25.5 Å². The Balaban J connectivity index is 1.80. The van der Waals surface area contributed by atoms with Gasteiger partial charge < -0.3 is 0 Å². The number of nitrogens with one attached hydrogen (secondary N) is 1. The van der Waals surface area contributed by atoms with Gasteiger partial charge in [0, 0.05) is 17.2 Å². The molecule has 0 unspecified atom stereocenters. The highest BCUT2D eigenvalue weighted by Crippen LogP contribution is 2.27. The summed E-state index contributed by atoms with van der Waals surface area (Å²) in [5.41, 5.74) is 0.944. The fourth-order valence-electron chi connectivity index (χ4n) is 1.82. The Bertz CT molecular complexity index is 664. The molecule has 1 aliphatic carbocycles. The predicted octanol–water partition coefficient (Wildman–Crippen LogP) is 1.63. The van der Waals surface area contributed by atoms with E-state index in [2.05, 4.69) is 4.72 Å². The third kappa shape index (κ3) is 4.44. The molecule has 1 aromatic carbocycles. The molecule has 0 atom stereocenters. The number of aryl methyl sites for hydroxylation is 1. The minimum atomic E-state index is -3.69. The summed E-state index contributed by atoms with van der Waals surface area (Å²) >= 11 is 0. The van der Waals surface area contributed by atoms with Gasteiger partial charge in [0.25, 0.3) is 9.05 Å². The second-order valence-corrected chi connectivity index (χ2v) is 9.44. The first kappa shape index (κ1) is 15.8. The molecule has 0 aromatic heterocycles. The third-order valence-corrected chi connectivity index (χ3v) is 6.44. The molecule has 0 radical (unpaired) electrons. The van der Waals surface area contributed by atoms with Crippen molar-refractivity contribution in [3.8, 4) is 0 Å². The van der Waals surface area contributed by atoms with Crippen molar-refractivity contribution in [3.63, 3.8) is 0 Å². The Hall–Kier alpha value is -0.630. The molecular weight excluding hydrogens is 322 g/mol. The van der Waals surface area contributed by atoms with E-state index in [-0.39, 0.29) is 10.1 Å². The summed E-state index contributed by atoms with van der Waals surface area (Å²) in [6, 6.07) is 6.27. The second-order valence-electron chi connectivity index (χ2n) is 4.82. The lowest BCUT2D eigenvalue weighted by Crippen LogP contribution is -2.28. The molecule has 0 amide bonds. The Morgan fingerprint density at radius 3 is 2.20 bits per heavy atom. The van der Waals surface area contributed by atoms with E-state index in [1.807, 2.05) is 0 Å². The molecule has 1 fully saturated rings. The molecule has 1 aliphatic rings. The van der Waals surface area contributed by atoms with E-state index < -0.39 is 19.1 Å². The standard InChI is InChI=1S/C12H16ClNO4S2/c13-19(15,16)11-5-3-10(4-6-11)2-1-9-14-20(17,18)12-7-8-12/h3-6,12,14H,1-2,7-9H2. The first-order chi connectivity index (χ1) is 9.29. The molecule has 0 bridgehead atoms. The molecule has 2 rings (SSSR count). The van der Waals surface area contributed by atoms with Gasteiger partial charge in [-0.25, -0.2) is 21.6 Å². The summed E-state index contributed by atoms with van der Waals surface area (Å²) in [5, 5.41) is -0.198. The number of hydrogen-bond donors (Lipinski definition) is 1. The van der Waals surface area contributed by atoms with Gasteiger partial charge in [-0.2, -0.15) is 0 Å². The maximum atomic E-state index is 11.6. The molecule has 8 heteroatoms. The van der Waals surface area contributed by atoms with Crippen molar-refractivity contribution < 1.29 is 16.8 Å². The van der Waals surface area contributed by atoms with Crippen molar-refractivity contribution in [2.24, 2.45) is 0 Å². The van der Waals surface area contributed by atoms with Crippen LogP contribution < -0.4 is 4.72 Å². The maximum Gasteiger partial charge on any atom is 0.261 e. The van der Waals surface area contributed by atoms with Crippen LogP contribution in [-0.4, -0.2) is 28.6 Å². The fraction of sp³-hybridized carbons (Fsp3) is 0.500. The zero-order valence-corrected chi connectivity index (χ0v) is 13.1. The first-order valence-electron chi connectivity index (χ1n) is 6.31. The SMILES string of the molecule is O=S(=O)(Cl)c1ccc(CCCNS(=O)(=O)C2CC2)cc1. The van der Waals surface area contributed by atoms with E-state index in [1.165, 1.54) is 12.1 Å². The van der Waals surface area contributed by atoms with Gasteiger partial charge >= 0.3 is 0 Å². The Morgan fingerprint density at radius 1 is 1.10 bits per heavy atom. The highest BCUT2D eigenvalue weighted by Gasteiger charge is 2.34. The molecule has 1 N–H and O–H groups in total. The van der Waals surface area contributed by atoms with Crippen molar-refractivity contribution in [1.82, 2.24) is 4.72 Å². The van der Waals surface area contributed by atoms with Gasteiger partial charge in [0.2, 0.25) is 10.0 Å². The third-order valence-electron chi connectivity index (χ3n) is 3.11. The molecular formula is C12H16ClNO4S2.